The average molecular weight is 295 g/mol. The van der Waals surface area contributed by atoms with Crippen LogP contribution in [-0.2, 0) is 14.0 Å². The summed E-state index contributed by atoms with van der Waals surface area (Å²) < 4.78 is 17.4. The molecule has 2 rings (SSSR count). The predicted octanol–water partition coefficient (Wildman–Crippen LogP) is 1.91. The molecule has 21 heavy (non-hydrogen) atoms. The molecule has 1 aromatic heterocycles. The summed E-state index contributed by atoms with van der Waals surface area (Å²) in [5.41, 5.74) is 0.442. The maximum atomic E-state index is 6.04. The first kappa shape index (κ1) is 16.5. The van der Waals surface area contributed by atoms with Crippen molar-refractivity contribution in [1.29, 1.82) is 0 Å². The van der Waals surface area contributed by atoms with E-state index in [-0.39, 0.29) is 11.8 Å². The number of hydrogen-bond acceptors (Lipinski definition) is 5. The zero-order valence-electron chi connectivity index (χ0n) is 13.5. The largest absolute Gasteiger partial charge is 0.517 e. The lowest BCUT2D eigenvalue weighted by Gasteiger charge is -2.27. The number of ether oxygens (including phenoxy) is 1. The molecule has 7 heteroatoms. The second-order valence-corrected chi connectivity index (χ2v) is 5.93. The van der Waals surface area contributed by atoms with E-state index in [2.05, 4.69) is 17.1 Å². The molecule has 1 aromatic rings. The van der Waals surface area contributed by atoms with Gasteiger partial charge < -0.3 is 14.0 Å². The number of rotatable bonds is 7. The van der Waals surface area contributed by atoms with Crippen molar-refractivity contribution in [1.82, 2.24) is 15.0 Å². The van der Waals surface area contributed by atoms with Crippen LogP contribution >= 0.6 is 0 Å². The highest BCUT2D eigenvalue weighted by atomic mass is 16.6. The van der Waals surface area contributed by atoms with Crippen molar-refractivity contribution < 1.29 is 14.0 Å². The zero-order chi connectivity index (χ0) is 15.3. The fraction of sp³-hybridized carbons (Fsp3) is 0.857. The van der Waals surface area contributed by atoms with Crippen LogP contribution in [-0.4, -0.2) is 40.9 Å². The smallest absolute Gasteiger partial charge is 0.406 e. The van der Waals surface area contributed by atoms with E-state index >= 15 is 0 Å². The van der Waals surface area contributed by atoms with Crippen LogP contribution in [0.25, 0.3) is 0 Å². The summed E-state index contributed by atoms with van der Waals surface area (Å²) in [6.45, 7) is 9.48. The minimum atomic E-state index is -0.484. The fourth-order valence-electron chi connectivity index (χ4n) is 2.15. The summed E-state index contributed by atoms with van der Waals surface area (Å²) in [5.74, 6) is 0. The van der Waals surface area contributed by atoms with E-state index in [1.807, 2.05) is 20.8 Å². The summed E-state index contributed by atoms with van der Waals surface area (Å²) in [4.78, 5) is 1.64. The highest BCUT2D eigenvalue weighted by Gasteiger charge is 2.32. The molecule has 0 saturated carbocycles. The Morgan fingerprint density at radius 2 is 2.24 bits per heavy atom. The lowest BCUT2D eigenvalue weighted by Crippen LogP contribution is -2.44. The van der Waals surface area contributed by atoms with Gasteiger partial charge in [0.15, 0.2) is 6.23 Å². The van der Waals surface area contributed by atoms with Crippen LogP contribution in [0.15, 0.2) is 6.20 Å². The maximum absolute atomic E-state index is 6.04. The van der Waals surface area contributed by atoms with Crippen LogP contribution in [0.4, 0.5) is 0 Å². The Morgan fingerprint density at radius 3 is 2.86 bits per heavy atom. The molecule has 0 N–H and O–H groups in total. The average Bonchev–Trinajstić information content (AvgIpc) is 2.97. The van der Waals surface area contributed by atoms with Gasteiger partial charge in [-0.05, 0) is 46.5 Å². The van der Waals surface area contributed by atoms with E-state index in [1.54, 1.807) is 11.0 Å². The second kappa shape index (κ2) is 7.38. The standard InChI is InChI=1S/C14H26BN3O3/c1-5-14(3,4)21-15(20-6-2)12-11-16-18(17-12)13-9-7-8-10-19-13/h11,13H,5-10H2,1-4H3. The number of nitrogens with zero attached hydrogens (tertiary/aromatic N) is 3. The Balaban J connectivity index is 2.07. The minimum absolute atomic E-state index is 0.0611. The van der Waals surface area contributed by atoms with E-state index in [9.17, 15) is 0 Å². The molecule has 1 aliphatic heterocycles. The van der Waals surface area contributed by atoms with Gasteiger partial charge in [0.2, 0.25) is 0 Å². The van der Waals surface area contributed by atoms with Gasteiger partial charge in [-0.15, -0.1) is 0 Å². The monoisotopic (exact) mass is 295 g/mol. The third kappa shape index (κ3) is 4.53. The highest BCUT2D eigenvalue weighted by molar-refractivity contribution is 6.60. The molecule has 6 nitrogen and oxygen atoms in total. The Labute approximate surface area is 127 Å². The first-order chi connectivity index (χ1) is 10.1. The molecule has 0 radical (unpaired) electrons. The molecule has 0 aromatic carbocycles. The minimum Gasteiger partial charge on any atom is -0.406 e. The van der Waals surface area contributed by atoms with Crippen molar-refractivity contribution in [3.63, 3.8) is 0 Å². The van der Waals surface area contributed by atoms with Gasteiger partial charge in [-0.1, -0.05) is 6.92 Å². The van der Waals surface area contributed by atoms with Gasteiger partial charge in [0.1, 0.15) is 5.59 Å². The normalized spacial score (nSPS) is 19.7. The molecule has 0 bridgehead atoms. The molecule has 0 spiro atoms. The first-order valence-electron chi connectivity index (χ1n) is 7.88. The van der Waals surface area contributed by atoms with Crippen molar-refractivity contribution in [3.05, 3.63) is 6.20 Å². The predicted molar refractivity (Wildman–Crippen MR) is 81.3 cm³/mol. The van der Waals surface area contributed by atoms with Gasteiger partial charge in [-0.2, -0.15) is 15.0 Å². The van der Waals surface area contributed by atoms with Crippen molar-refractivity contribution in [2.75, 3.05) is 13.2 Å². The summed E-state index contributed by atoms with van der Waals surface area (Å²) in [5, 5.41) is 8.82. The van der Waals surface area contributed by atoms with Crippen LogP contribution in [0.2, 0.25) is 0 Å². The van der Waals surface area contributed by atoms with Gasteiger partial charge in [-0.3, -0.25) is 0 Å². The Bertz CT molecular complexity index is 433. The maximum Gasteiger partial charge on any atom is 0.517 e. The summed E-state index contributed by atoms with van der Waals surface area (Å²) in [7, 11) is -0.484. The van der Waals surface area contributed by atoms with E-state index in [1.165, 1.54) is 0 Å². The van der Waals surface area contributed by atoms with Gasteiger partial charge in [0, 0.05) is 18.8 Å². The lowest BCUT2D eigenvalue weighted by atomic mass is 9.83. The van der Waals surface area contributed by atoms with Crippen LogP contribution in [0, 0.1) is 0 Å². The quantitative estimate of drug-likeness (QED) is 0.719. The zero-order valence-corrected chi connectivity index (χ0v) is 13.5. The lowest BCUT2D eigenvalue weighted by molar-refractivity contribution is -0.0479. The molecule has 118 valence electrons. The van der Waals surface area contributed by atoms with Crippen LogP contribution in [0.5, 0.6) is 0 Å². The third-order valence-electron chi connectivity index (χ3n) is 3.78. The topological polar surface area (TPSA) is 58.4 Å². The van der Waals surface area contributed by atoms with Gasteiger partial charge in [0.05, 0.1) is 6.20 Å². The molecule has 1 atom stereocenters. The van der Waals surface area contributed by atoms with E-state index < -0.39 is 7.12 Å². The molecule has 1 aliphatic rings. The van der Waals surface area contributed by atoms with E-state index in [4.69, 9.17) is 14.0 Å². The summed E-state index contributed by atoms with van der Waals surface area (Å²) >= 11 is 0. The molecule has 1 saturated heterocycles. The van der Waals surface area contributed by atoms with Crippen molar-refractivity contribution >= 4 is 12.7 Å². The molecule has 1 fully saturated rings. The van der Waals surface area contributed by atoms with Crippen molar-refractivity contribution in [3.8, 4) is 0 Å². The Morgan fingerprint density at radius 1 is 1.43 bits per heavy atom. The SMILES string of the molecule is CCOB(OC(C)(C)CC)c1cnn(C2CCCCO2)n1. The molecule has 2 heterocycles. The third-order valence-corrected chi connectivity index (χ3v) is 3.78. The second-order valence-electron chi connectivity index (χ2n) is 5.93. The molecule has 1 unspecified atom stereocenters. The van der Waals surface area contributed by atoms with E-state index in [0.29, 0.717) is 12.2 Å². The molecule has 0 aliphatic carbocycles. The molecule has 0 amide bonds. The Hall–Kier alpha value is -0.915. The van der Waals surface area contributed by atoms with Gasteiger partial charge >= 0.3 is 7.12 Å². The van der Waals surface area contributed by atoms with E-state index in [0.717, 1.165) is 32.3 Å². The summed E-state index contributed by atoms with van der Waals surface area (Å²) in [6.07, 6.45) is 5.76. The highest BCUT2D eigenvalue weighted by Crippen LogP contribution is 2.20. The Kier molecular flexibility index (Phi) is 5.78. The molecular formula is C14H26BN3O3. The molecular weight excluding hydrogens is 269 g/mol. The van der Waals surface area contributed by atoms with Crippen LogP contribution < -0.4 is 5.59 Å². The number of aromatic nitrogens is 3. The van der Waals surface area contributed by atoms with Crippen molar-refractivity contribution in [2.24, 2.45) is 0 Å². The van der Waals surface area contributed by atoms with Gasteiger partial charge in [-0.25, -0.2) is 0 Å². The van der Waals surface area contributed by atoms with Gasteiger partial charge in [0.25, 0.3) is 0 Å². The first-order valence-corrected chi connectivity index (χ1v) is 7.88. The van der Waals surface area contributed by atoms with Crippen LogP contribution in [0.1, 0.15) is 59.6 Å². The van der Waals surface area contributed by atoms with Crippen LogP contribution in [0.3, 0.4) is 0 Å². The number of hydrogen-bond donors (Lipinski definition) is 0. The summed E-state index contributed by atoms with van der Waals surface area (Å²) in [6, 6.07) is 0. The fourth-order valence-corrected chi connectivity index (χ4v) is 2.15. The van der Waals surface area contributed by atoms with Crippen molar-refractivity contribution in [2.45, 2.75) is 65.2 Å².